The van der Waals surface area contributed by atoms with Crippen molar-refractivity contribution in [3.63, 3.8) is 0 Å². The number of aliphatic hydroxyl groups is 1. The monoisotopic (exact) mass is 250 g/mol. The van der Waals surface area contributed by atoms with Crippen LogP contribution in [0.15, 0.2) is 36.9 Å². The van der Waals surface area contributed by atoms with Crippen LogP contribution in [0.4, 0.5) is 0 Å². The van der Waals surface area contributed by atoms with Crippen LogP contribution in [-0.4, -0.2) is 30.9 Å². The fraction of sp³-hybridized carbons (Fsp3) is 0.357. The Hall–Kier alpha value is -1.81. The van der Waals surface area contributed by atoms with Gasteiger partial charge in [0.1, 0.15) is 12.4 Å². The summed E-state index contributed by atoms with van der Waals surface area (Å²) in [5, 5.41) is 9.59. The first-order valence-corrected chi connectivity index (χ1v) is 5.73. The maximum atomic E-state index is 11.0. The van der Waals surface area contributed by atoms with Crippen molar-refractivity contribution in [1.82, 2.24) is 0 Å². The number of carbonyl (C=O) groups excluding carboxylic acids is 1. The van der Waals surface area contributed by atoms with Gasteiger partial charge in [0.25, 0.3) is 0 Å². The molecule has 1 N–H and O–H groups in total. The van der Waals surface area contributed by atoms with Crippen LogP contribution in [0.5, 0.6) is 5.75 Å². The number of para-hydroxylation sites is 1. The molecule has 0 amide bonds. The van der Waals surface area contributed by atoms with E-state index in [9.17, 15) is 9.90 Å². The van der Waals surface area contributed by atoms with E-state index < -0.39 is 12.1 Å². The highest BCUT2D eigenvalue weighted by atomic mass is 16.5. The van der Waals surface area contributed by atoms with Crippen LogP contribution < -0.4 is 4.74 Å². The number of rotatable bonds is 7. The van der Waals surface area contributed by atoms with Crippen LogP contribution in [0, 0.1) is 0 Å². The molecule has 1 rings (SSSR count). The number of esters is 1. The van der Waals surface area contributed by atoms with Crippen molar-refractivity contribution in [2.75, 3.05) is 13.7 Å². The molecule has 98 valence electrons. The lowest BCUT2D eigenvalue weighted by atomic mass is 10.1. The van der Waals surface area contributed by atoms with E-state index in [0.717, 1.165) is 5.56 Å². The van der Waals surface area contributed by atoms with Gasteiger partial charge in [0.2, 0.25) is 0 Å². The van der Waals surface area contributed by atoms with Gasteiger partial charge in [0.15, 0.2) is 0 Å². The predicted molar refractivity (Wildman–Crippen MR) is 68.5 cm³/mol. The maximum absolute atomic E-state index is 11.0. The molecule has 0 aliphatic carbocycles. The molecule has 0 saturated carbocycles. The van der Waals surface area contributed by atoms with Gasteiger partial charge in [0, 0.05) is 0 Å². The molecule has 0 aliphatic rings. The molecule has 1 atom stereocenters. The molecule has 0 spiro atoms. The predicted octanol–water partition coefficient (Wildman–Crippen LogP) is 1.72. The van der Waals surface area contributed by atoms with Crippen molar-refractivity contribution in [3.05, 3.63) is 42.5 Å². The number of hydrogen-bond donors (Lipinski definition) is 1. The Morgan fingerprint density at radius 3 is 2.89 bits per heavy atom. The Morgan fingerprint density at radius 2 is 2.22 bits per heavy atom. The van der Waals surface area contributed by atoms with Crippen molar-refractivity contribution in [3.8, 4) is 5.75 Å². The molecular formula is C14H18O4. The molecule has 0 aromatic heterocycles. The largest absolute Gasteiger partial charge is 0.491 e. The van der Waals surface area contributed by atoms with Crippen molar-refractivity contribution in [2.24, 2.45) is 0 Å². The van der Waals surface area contributed by atoms with Gasteiger partial charge in [0.05, 0.1) is 19.6 Å². The van der Waals surface area contributed by atoms with Gasteiger partial charge in [-0.25, -0.2) is 0 Å². The highest BCUT2D eigenvalue weighted by Gasteiger charge is 2.12. The van der Waals surface area contributed by atoms with Gasteiger partial charge < -0.3 is 14.6 Å². The summed E-state index contributed by atoms with van der Waals surface area (Å²) >= 11 is 0. The van der Waals surface area contributed by atoms with E-state index in [1.165, 1.54) is 7.11 Å². The fourth-order valence-corrected chi connectivity index (χ4v) is 1.49. The van der Waals surface area contributed by atoms with E-state index >= 15 is 0 Å². The molecule has 0 saturated heterocycles. The van der Waals surface area contributed by atoms with Gasteiger partial charge in [-0.15, -0.1) is 6.58 Å². The molecule has 0 radical (unpaired) electrons. The lowest BCUT2D eigenvalue weighted by Gasteiger charge is -2.13. The Morgan fingerprint density at radius 1 is 1.50 bits per heavy atom. The zero-order valence-electron chi connectivity index (χ0n) is 10.5. The summed E-state index contributed by atoms with van der Waals surface area (Å²) in [6.07, 6.45) is 1.55. The Bertz CT molecular complexity index is 401. The number of allylic oxidation sites excluding steroid dienone is 1. The van der Waals surface area contributed by atoms with Crippen molar-refractivity contribution in [2.45, 2.75) is 18.9 Å². The number of carbonyl (C=O) groups is 1. The summed E-state index contributed by atoms with van der Waals surface area (Å²) < 4.78 is 9.96. The minimum Gasteiger partial charge on any atom is -0.491 e. The maximum Gasteiger partial charge on any atom is 0.308 e. The first kappa shape index (κ1) is 14.3. The number of benzene rings is 1. The average Bonchev–Trinajstić information content (AvgIpc) is 2.38. The molecule has 0 heterocycles. The average molecular weight is 250 g/mol. The first-order chi connectivity index (χ1) is 8.67. The summed E-state index contributed by atoms with van der Waals surface area (Å²) in [5.74, 6) is 0.242. The molecule has 0 bridgehead atoms. The SMILES string of the molecule is C=CCc1ccccc1OC[C@H](O)CC(=O)OC. The van der Waals surface area contributed by atoms with E-state index in [1.807, 2.05) is 24.3 Å². The van der Waals surface area contributed by atoms with E-state index in [0.29, 0.717) is 12.2 Å². The van der Waals surface area contributed by atoms with E-state index in [-0.39, 0.29) is 13.0 Å². The normalized spacial score (nSPS) is 11.7. The summed E-state index contributed by atoms with van der Waals surface area (Å²) in [5.41, 5.74) is 0.998. The Labute approximate surface area is 107 Å². The van der Waals surface area contributed by atoms with Crippen LogP contribution in [0.3, 0.4) is 0 Å². The summed E-state index contributed by atoms with van der Waals surface area (Å²) in [7, 11) is 1.29. The molecule has 1 aromatic rings. The number of ether oxygens (including phenoxy) is 2. The molecular weight excluding hydrogens is 232 g/mol. The highest BCUT2D eigenvalue weighted by Crippen LogP contribution is 2.19. The molecule has 0 aliphatic heterocycles. The molecule has 0 fully saturated rings. The summed E-state index contributed by atoms with van der Waals surface area (Å²) in [4.78, 5) is 11.0. The van der Waals surface area contributed by atoms with E-state index in [2.05, 4.69) is 11.3 Å². The van der Waals surface area contributed by atoms with Gasteiger partial charge in [-0.2, -0.15) is 0 Å². The summed E-state index contributed by atoms with van der Waals surface area (Å²) in [6.45, 7) is 3.74. The lowest BCUT2D eigenvalue weighted by Crippen LogP contribution is -2.22. The number of hydrogen-bond acceptors (Lipinski definition) is 4. The zero-order chi connectivity index (χ0) is 13.4. The Kier molecular flexibility index (Phi) is 5.94. The standard InChI is InChI=1S/C14H18O4/c1-3-6-11-7-4-5-8-13(11)18-10-12(15)9-14(16)17-2/h3-5,7-8,12,15H,1,6,9-10H2,2H3/t12-/m1/s1. The third kappa shape index (κ3) is 4.59. The van der Waals surface area contributed by atoms with E-state index in [4.69, 9.17) is 4.74 Å². The minimum atomic E-state index is -0.866. The first-order valence-electron chi connectivity index (χ1n) is 5.73. The summed E-state index contributed by atoms with van der Waals surface area (Å²) in [6, 6.07) is 7.53. The van der Waals surface area contributed by atoms with Gasteiger partial charge >= 0.3 is 5.97 Å². The second-order valence-electron chi connectivity index (χ2n) is 3.85. The van der Waals surface area contributed by atoms with E-state index in [1.54, 1.807) is 6.08 Å². The van der Waals surface area contributed by atoms with Crippen molar-refractivity contribution < 1.29 is 19.4 Å². The quantitative estimate of drug-likeness (QED) is 0.591. The van der Waals surface area contributed by atoms with Gasteiger partial charge in [-0.3, -0.25) is 4.79 Å². The zero-order valence-corrected chi connectivity index (χ0v) is 10.5. The smallest absolute Gasteiger partial charge is 0.308 e. The van der Waals surface area contributed by atoms with Crippen LogP contribution in [0.2, 0.25) is 0 Å². The minimum absolute atomic E-state index is 0.0588. The van der Waals surface area contributed by atoms with Crippen LogP contribution in [-0.2, 0) is 16.0 Å². The molecule has 1 aromatic carbocycles. The fourth-order valence-electron chi connectivity index (χ4n) is 1.49. The van der Waals surface area contributed by atoms with Crippen LogP contribution in [0.25, 0.3) is 0 Å². The topological polar surface area (TPSA) is 55.8 Å². The van der Waals surface area contributed by atoms with Crippen LogP contribution in [0.1, 0.15) is 12.0 Å². The lowest BCUT2D eigenvalue weighted by molar-refractivity contribution is -0.143. The third-order valence-electron chi connectivity index (χ3n) is 2.40. The van der Waals surface area contributed by atoms with Crippen molar-refractivity contribution in [1.29, 1.82) is 0 Å². The number of methoxy groups -OCH3 is 1. The molecule has 18 heavy (non-hydrogen) atoms. The second-order valence-corrected chi connectivity index (χ2v) is 3.85. The molecule has 0 unspecified atom stereocenters. The van der Waals surface area contributed by atoms with Gasteiger partial charge in [-0.05, 0) is 18.1 Å². The molecule has 4 heteroatoms. The highest BCUT2D eigenvalue weighted by molar-refractivity contribution is 5.69. The van der Waals surface area contributed by atoms with Crippen molar-refractivity contribution >= 4 is 5.97 Å². The second kappa shape index (κ2) is 7.50. The van der Waals surface area contributed by atoms with Gasteiger partial charge in [-0.1, -0.05) is 24.3 Å². The third-order valence-corrected chi connectivity index (χ3v) is 2.40. The van der Waals surface area contributed by atoms with Crippen LogP contribution >= 0.6 is 0 Å². The number of aliphatic hydroxyl groups excluding tert-OH is 1. The Balaban J connectivity index is 2.52. The molecule has 4 nitrogen and oxygen atoms in total.